The smallest absolute Gasteiger partial charge is 0.339 e. The Morgan fingerprint density at radius 3 is 2.71 bits per heavy atom. The molecule has 0 aromatic heterocycles. The number of esters is 1. The number of rotatable bonds is 4. The standard InChI is InChI=1S/C18H20O3/c19-18-16(13-5-2-1-3-6-13)14-7-4-8-15(17(14)21-18)20-11-12-9-10-12/h1-3,5-6,12,15,17H,4,7-11H2/t15-,17-/m1/s1. The fourth-order valence-electron chi connectivity index (χ4n) is 3.35. The van der Waals surface area contributed by atoms with Gasteiger partial charge in [0.25, 0.3) is 0 Å². The van der Waals surface area contributed by atoms with Crippen LogP contribution in [-0.2, 0) is 14.3 Å². The van der Waals surface area contributed by atoms with Gasteiger partial charge in [-0.2, -0.15) is 0 Å². The topological polar surface area (TPSA) is 35.5 Å². The highest BCUT2D eigenvalue weighted by Gasteiger charge is 2.42. The molecule has 1 aromatic rings. The van der Waals surface area contributed by atoms with Crippen LogP contribution in [0, 0.1) is 5.92 Å². The number of hydrogen-bond donors (Lipinski definition) is 0. The van der Waals surface area contributed by atoms with Crippen molar-refractivity contribution in [3.05, 3.63) is 41.5 Å². The van der Waals surface area contributed by atoms with Gasteiger partial charge in [-0.25, -0.2) is 4.79 Å². The normalized spacial score (nSPS) is 28.5. The summed E-state index contributed by atoms with van der Waals surface area (Å²) in [4.78, 5) is 12.3. The maximum atomic E-state index is 12.3. The molecular weight excluding hydrogens is 264 g/mol. The summed E-state index contributed by atoms with van der Waals surface area (Å²) < 4.78 is 11.7. The first kappa shape index (κ1) is 13.1. The number of benzene rings is 1. The van der Waals surface area contributed by atoms with Crippen LogP contribution in [0.25, 0.3) is 5.57 Å². The van der Waals surface area contributed by atoms with Crippen LogP contribution < -0.4 is 0 Å². The molecule has 2 fully saturated rings. The van der Waals surface area contributed by atoms with Crippen molar-refractivity contribution in [2.24, 2.45) is 5.92 Å². The maximum absolute atomic E-state index is 12.3. The molecule has 110 valence electrons. The van der Waals surface area contributed by atoms with E-state index < -0.39 is 0 Å². The molecule has 3 heteroatoms. The van der Waals surface area contributed by atoms with Gasteiger partial charge in [0.05, 0.1) is 11.7 Å². The highest BCUT2D eigenvalue weighted by molar-refractivity contribution is 6.19. The molecular formula is C18H20O3. The highest BCUT2D eigenvalue weighted by atomic mass is 16.6. The molecule has 3 nitrogen and oxygen atoms in total. The minimum absolute atomic E-state index is 0.0551. The van der Waals surface area contributed by atoms with Crippen molar-refractivity contribution in [1.82, 2.24) is 0 Å². The molecule has 2 saturated carbocycles. The molecule has 21 heavy (non-hydrogen) atoms. The van der Waals surface area contributed by atoms with Crippen molar-refractivity contribution in [1.29, 1.82) is 0 Å². The maximum Gasteiger partial charge on any atom is 0.339 e. The van der Waals surface area contributed by atoms with E-state index in [9.17, 15) is 4.79 Å². The van der Waals surface area contributed by atoms with E-state index in [0.29, 0.717) is 0 Å². The molecule has 1 heterocycles. The van der Waals surface area contributed by atoms with Gasteiger partial charge in [0.1, 0.15) is 0 Å². The molecule has 0 spiro atoms. The number of ether oxygens (including phenoxy) is 2. The van der Waals surface area contributed by atoms with E-state index in [2.05, 4.69) is 0 Å². The van der Waals surface area contributed by atoms with Crippen LogP contribution in [0.4, 0.5) is 0 Å². The largest absolute Gasteiger partial charge is 0.451 e. The molecule has 0 bridgehead atoms. The summed E-state index contributed by atoms with van der Waals surface area (Å²) in [6.45, 7) is 0.826. The van der Waals surface area contributed by atoms with Crippen molar-refractivity contribution < 1.29 is 14.3 Å². The van der Waals surface area contributed by atoms with E-state index in [1.807, 2.05) is 30.3 Å². The second-order valence-electron chi connectivity index (χ2n) is 6.30. The molecule has 0 radical (unpaired) electrons. The minimum atomic E-state index is -0.178. The van der Waals surface area contributed by atoms with Crippen LogP contribution >= 0.6 is 0 Å². The van der Waals surface area contributed by atoms with E-state index in [1.54, 1.807) is 0 Å². The Labute approximate surface area is 124 Å². The lowest BCUT2D eigenvalue weighted by Gasteiger charge is -2.29. The summed E-state index contributed by atoms with van der Waals surface area (Å²) in [5, 5.41) is 0. The zero-order valence-corrected chi connectivity index (χ0v) is 12.1. The van der Waals surface area contributed by atoms with Crippen LogP contribution in [-0.4, -0.2) is 24.8 Å². The summed E-state index contributed by atoms with van der Waals surface area (Å²) in [6.07, 6.45) is 5.50. The second-order valence-corrected chi connectivity index (χ2v) is 6.30. The van der Waals surface area contributed by atoms with Crippen molar-refractivity contribution in [2.45, 2.75) is 44.3 Å². The van der Waals surface area contributed by atoms with Gasteiger partial charge in [-0.05, 0) is 49.2 Å². The average Bonchev–Trinajstić information content (AvgIpc) is 3.27. The van der Waals surface area contributed by atoms with E-state index in [-0.39, 0.29) is 18.2 Å². The Morgan fingerprint density at radius 1 is 1.14 bits per heavy atom. The zero-order valence-electron chi connectivity index (χ0n) is 12.1. The Kier molecular flexibility index (Phi) is 3.30. The fraction of sp³-hybridized carbons (Fsp3) is 0.500. The Hall–Kier alpha value is -1.61. The minimum Gasteiger partial charge on any atom is -0.451 e. The molecule has 0 saturated heterocycles. The number of fused-ring (bicyclic) bond motifs is 1. The van der Waals surface area contributed by atoms with E-state index in [4.69, 9.17) is 9.47 Å². The van der Waals surface area contributed by atoms with E-state index >= 15 is 0 Å². The van der Waals surface area contributed by atoms with Crippen LogP contribution in [0.3, 0.4) is 0 Å². The lowest BCUT2D eigenvalue weighted by molar-refractivity contribution is -0.145. The van der Waals surface area contributed by atoms with Crippen LogP contribution in [0.5, 0.6) is 0 Å². The molecule has 2 aliphatic carbocycles. The van der Waals surface area contributed by atoms with Crippen LogP contribution in [0.15, 0.2) is 35.9 Å². The van der Waals surface area contributed by atoms with Crippen LogP contribution in [0.1, 0.15) is 37.7 Å². The number of carbonyl (C=O) groups excluding carboxylic acids is 1. The fourth-order valence-corrected chi connectivity index (χ4v) is 3.35. The lowest BCUT2D eigenvalue weighted by Crippen LogP contribution is -2.35. The van der Waals surface area contributed by atoms with Gasteiger partial charge in [-0.1, -0.05) is 30.3 Å². The van der Waals surface area contributed by atoms with Crippen LogP contribution in [0.2, 0.25) is 0 Å². The van der Waals surface area contributed by atoms with Gasteiger partial charge < -0.3 is 9.47 Å². The summed E-state index contributed by atoms with van der Waals surface area (Å²) in [6, 6.07) is 9.87. The van der Waals surface area contributed by atoms with Gasteiger partial charge in [-0.3, -0.25) is 0 Å². The predicted molar refractivity (Wildman–Crippen MR) is 79.6 cm³/mol. The molecule has 0 N–H and O–H groups in total. The summed E-state index contributed by atoms with van der Waals surface area (Å²) in [7, 11) is 0. The summed E-state index contributed by atoms with van der Waals surface area (Å²) in [5.74, 6) is 0.563. The number of hydrogen-bond acceptors (Lipinski definition) is 3. The van der Waals surface area contributed by atoms with Crippen molar-refractivity contribution in [3.63, 3.8) is 0 Å². The molecule has 0 unspecified atom stereocenters. The molecule has 4 rings (SSSR count). The first-order valence-electron chi connectivity index (χ1n) is 7.94. The Bertz CT molecular complexity index is 571. The predicted octanol–water partition coefficient (Wildman–Crippen LogP) is 3.34. The second kappa shape index (κ2) is 5.30. The third kappa shape index (κ3) is 2.51. The third-order valence-electron chi connectivity index (χ3n) is 4.68. The molecule has 2 atom stereocenters. The molecule has 1 aromatic carbocycles. The third-order valence-corrected chi connectivity index (χ3v) is 4.68. The average molecular weight is 284 g/mol. The van der Waals surface area contributed by atoms with Crippen molar-refractivity contribution >= 4 is 11.5 Å². The zero-order chi connectivity index (χ0) is 14.2. The first-order chi connectivity index (χ1) is 10.3. The van der Waals surface area contributed by atoms with E-state index in [0.717, 1.165) is 48.5 Å². The van der Waals surface area contributed by atoms with Crippen molar-refractivity contribution in [3.8, 4) is 0 Å². The molecule has 0 amide bonds. The highest BCUT2D eigenvalue weighted by Crippen LogP contribution is 2.41. The molecule has 3 aliphatic rings. The van der Waals surface area contributed by atoms with Crippen molar-refractivity contribution in [2.75, 3.05) is 6.61 Å². The molecule has 1 aliphatic heterocycles. The van der Waals surface area contributed by atoms with Gasteiger partial charge in [0.15, 0.2) is 6.10 Å². The summed E-state index contributed by atoms with van der Waals surface area (Å²) in [5.41, 5.74) is 2.90. The van der Waals surface area contributed by atoms with Gasteiger partial charge in [0.2, 0.25) is 0 Å². The Morgan fingerprint density at radius 2 is 1.95 bits per heavy atom. The SMILES string of the molecule is O=C1O[C@@H]2C(=C1c1ccccc1)CCC[C@H]2OCC1CC1. The van der Waals surface area contributed by atoms with Gasteiger partial charge in [0, 0.05) is 6.61 Å². The van der Waals surface area contributed by atoms with E-state index in [1.165, 1.54) is 12.8 Å². The first-order valence-corrected chi connectivity index (χ1v) is 7.94. The van der Waals surface area contributed by atoms with Gasteiger partial charge in [-0.15, -0.1) is 0 Å². The number of carbonyl (C=O) groups is 1. The van der Waals surface area contributed by atoms with Gasteiger partial charge >= 0.3 is 5.97 Å². The Balaban J connectivity index is 1.60. The quantitative estimate of drug-likeness (QED) is 0.795. The summed E-state index contributed by atoms with van der Waals surface area (Å²) >= 11 is 0. The monoisotopic (exact) mass is 284 g/mol. The lowest BCUT2D eigenvalue weighted by atomic mass is 9.86.